The third-order valence-corrected chi connectivity index (χ3v) is 0. The Bertz CT molecular complexity index is 352. The van der Waals surface area contributed by atoms with Crippen LogP contribution in [0.4, 0.5) is 0 Å². The second kappa shape index (κ2) is 45.6. The van der Waals surface area contributed by atoms with Gasteiger partial charge >= 0.3 is 85.3 Å². The average molecular weight is 666 g/mol. The van der Waals surface area contributed by atoms with Gasteiger partial charge in [-0.15, -0.1) is 0 Å². The zero-order valence-electron chi connectivity index (χ0n) is 10.5. The van der Waals surface area contributed by atoms with Crippen molar-refractivity contribution in [3.63, 3.8) is 0 Å². The molecule has 18 nitrogen and oxygen atoms in total. The van der Waals surface area contributed by atoms with Crippen molar-refractivity contribution in [3.05, 3.63) is 0 Å². The van der Waals surface area contributed by atoms with Crippen LogP contribution in [0, 0.1) is 0 Å². The predicted octanol–water partition coefficient (Wildman–Crippen LogP) is -4.91. The third-order valence-electron chi connectivity index (χ3n) is 0. The van der Waals surface area contributed by atoms with Crippen molar-refractivity contribution in [1.82, 2.24) is 0 Å². The van der Waals surface area contributed by atoms with Gasteiger partial charge in [0.2, 0.25) is 0 Å². The molecular formula is H3Fe5O18S3. The average Bonchev–Trinajstić information content (AvgIpc) is 1.41. The first-order valence-electron chi connectivity index (χ1n) is 2.00. The van der Waals surface area contributed by atoms with E-state index in [-0.39, 0.29) is 118 Å². The van der Waals surface area contributed by atoms with Gasteiger partial charge in [0.25, 0.3) is 0 Å². The van der Waals surface area contributed by atoms with Gasteiger partial charge < -0.3 is 60.2 Å². The minimum absolute atomic E-state index is 0. The molecule has 0 aromatic carbocycles. The minimum atomic E-state index is -5.17. The SMILES string of the molecule is O=S(=O)([O-])[O-].O=S(=O)([O-])[O-].O=S(=O)([O-])[O-].[Fe+3].[Fe+3].[Fe+3].[Fe+3].[Fe+3].[O-2].[O-2].[O-2].[OH-].[OH-].[OH-]. The topological polar surface area (TPSA) is 416 Å². The Hall–Kier alpha value is 1.97. The number of hydrogen-bond donors (Lipinski definition) is 0. The van der Waals surface area contributed by atoms with Gasteiger partial charge in [0.15, 0.2) is 0 Å². The molecule has 0 aromatic heterocycles. The summed E-state index contributed by atoms with van der Waals surface area (Å²) < 4.78 is 102. The van der Waals surface area contributed by atoms with Crippen LogP contribution in [0.1, 0.15) is 0 Å². The maximum Gasteiger partial charge on any atom is 3.00 e. The number of hydrogen-bond acceptors (Lipinski definition) is 15. The Morgan fingerprint density at radius 2 is 0.346 bits per heavy atom. The van der Waals surface area contributed by atoms with Gasteiger partial charge in [-0.1, -0.05) is 0 Å². The summed E-state index contributed by atoms with van der Waals surface area (Å²) in [5, 5.41) is 0. The summed E-state index contributed by atoms with van der Waals surface area (Å²) in [5.74, 6) is 0. The van der Waals surface area contributed by atoms with E-state index < -0.39 is 31.2 Å². The molecule has 0 unspecified atom stereocenters. The summed E-state index contributed by atoms with van der Waals surface area (Å²) in [6.07, 6.45) is 0. The molecule has 0 amide bonds. The van der Waals surface area contributed by atoms with Crippen LogP contribution in [0.3, 0.4) is 0 Å². The maximum absolute atomic E-state index is 8.52. The van der Waals surface area contributed by atoms with Crippen LogP contribution in [0.25, 0.3) is 0 Å². The Labute approximate surface area is 200 Å². The number of rotatable bonds is 0. The summed E-state index contributed by atoms with van der Waals surface area (Å²) >= 11 is 0. The molecule has 0 atom stereocenters. The van der Waals surface area contributed by atoms with E-state index in [9.17, 15) is 0 Å². The molecule has 0 bridgehead atoms. The summed E-state index contributed by atoms with van der Waals surface area (Å²) in [4.78, 5) is 0. The maximum atomic E-state index is 8.52. The van der Waals surface area contributed by atoms with Crippen molar-refractivity contribution in [2.45, 2.75) is 0 Å². The molecular weight excluding hydrogens is 663 g/mol. The standard InChI is InChI=1S/5Fe.3H2O4S.3H2O.3O/c;;;;;3*1-5(2,3)4;;;;;;/h;;;;;3*(H2,1,2,3,4);3*1H2;;;/q5*+3;;;;;;;3*-2/p-9. The van der Waals surface area contributed by atoms with Crippen LogP contribution < -0.4 is 0 Å². The van der Waals surface area contributed by atoms with E-state index in [0.717, 1.165) is 0 Å². The molecule has 0 fully saturated rings. The largest absolute Gasteiger partial charge is 3.00 e. The first-order chi connectivity index (χ1) is 6.00. The van der Waals surface area contributed by atoms with E-state index in [2.05, 4.69) is 0 Å². The fraction of sp³-hybridized carbons (Fsp3) is 0. The monoisotopic (exact) mass is 667 g/mol. The van der Waals surface area contributed by atoms with E-state index in [0.29, 0.717) is 0 Å². The van der Waals surface area contributed by atoms with Crippen LogP contribution >= 0.6 is 0 Å². The molecule has 0 spiro atoms. The van der Waals surface area contributed by atoms with Crippen molar-refractivity contribution >= 4 is 31.2 Å². The molecule has 0 aliphatic rings. The molecule has 0 aliphatic carbocycles. The molecule has 26 heteroatoms. The van der Waals surface area contributed by atoms with Crippen LogP contribution in [-0.4, -0.2) is 69.0 Å². The van der Waals surface area contributed by atoms with Gasteiger partial charge in [-0.05, 0) is 0 Å². The first-order valence-corrected chi connectivity index (χ1v) is 6.00. The zero-order valence-corrected chi connectivity index (χ0v) is 18.4. The van der Waals surface area contributed by atoms with E-state index >= 15 is 0 Å². The molecule has 169 valence electrons. The second-order valence-electron chi connectivity index (χ2n) is 1.22. The second-order valence-corrected chi connectivity index (χ2v) is 3.67. The Balaban J connectivity index is -0.00000000571. The third kappa shape index (κ3) is 4180. The van der Waals surface area contributed by atoms with Crippen LogP contribution in [0.5, 0.6) is 0 Å². The van der Waals surface area contributed by atoms with Crippen molar-refractivity contribution in [2.75, 3.05) is 0 Å². The molecule has 26 heavy (non-hydrogen) atoms. The molecule has 5 radical (unpaired) electrons. The van der Waals surface area contributed by atoms with Crippen molar-refractivity contribution in [3.8, 4) is 0 Å². The van der Waals surface area contributed by atoms with E-state index in [1.807, 2.05) is 0 Å². The van der Waals surface area contributed by atoms with E-state index in [1.54, 1.807) is 0 Å². The van der Waals surface area contributed by atoms with Crippen molar-refractivity contribution in [2.24, 2.45) is 0 Å². The van der Waals surface area contributed by atoms with E-state index in [4.69, 9.17) is 52.6 Å². The molecule has 0 aliphatic heterocycles. The van der Waals surface area contributed by atoms with Gasteiger partial charge in [-0.2, -0.15) is 0 Å². The van der Waals surface area contributed by atoms with Gasteiger partial charge in [0.1, 0.15) is 0 Å². The fourth-order valence-electron chi connectivity index (χ4n) is 0. The van der Waals surface area contributed by atoms with Crippen molar-refractivity contribution < 1.29 is 171 Å². The summed E-state index contributed by atoms with van der Waals surface area (Å²) in [5.41, 5.74) is 0. The molecule has 0 heterocycles. The molecule has 3 N–H and O–H groups in total. The van der Waals surface area contributed by atoms with Crippen molar-refractivity contribution in [1.29, 1.82) is 0 Å². The van der Waals surface area contributed by atoms with Crippen LogP contribution in [0.15, 0.2) is 0 Å². The quantitative estimate of drug-likeness (QED) is 0.133. The van der Waals surface area contributed by atoms with Crippen LogP contribution in [-0.2, 0) is 133 Å². The van der Waals surface area contributed by atoms with Gasteiger partial charge in [-0.25, -0.2) is 0 Å². The first kappa shape index (κ1) is 104. The van der Waals surface area contributed by atoms with Gasteiger partial charge in [0.05, 0.1) is 0 Å². The predicted molar refractivity (Wildman–Crippen MR) is 39.3 cm³/mol. The van der Waals surface area contributed by atoms with Gasteiger partial charge in [0, 0.05) is 31.2 Å². The molecule has 0 aromatic rings. The molecule has 0 saturated heterocycles. The Kier molecular flexibility index (Phi) is 183. The fourth-order valence-corrected chi connectivity index (χ4v) is 0. The molecule has 0 saturated carbocycles. The summed E-state index contributed by atoms with van der Waals surface area (Å²) in [7, 11) is -15.5. The Morgan fingerprint density at radius 1 is 0.346 bits per heavy atom. The normalized spacial score (nSPS) is 6.69. The zero-order chi connectivity index (χ0) is 13.5. The van der Waals surface area contributed by atoms with E-state index in [1.165, 1.54) is 0 Å². The van der Waals surface area contributed by atoms with Gasteiger partial charge in [-0.3, -0.25) is 25.3 Å². The smallest absolute Gasteiger partial charge is 2.00 e. The molecule has 0 rings (SSSR count). The minimum Gasteiger partial charge on any atom is -2.00 e. The summed E-state index contributed by atoms with van der Waals surface area (Å²) in [6.45, 7) is 0. The summed E-state index contributed by atoms with van der Waals surface area (Å²) in [6, 6.07) is 0. The Morgan fingerprint density at radius 3 is 0.346 bits per heavy atom. The van der Waals surface area contributed by atoms with Crippen LogP contribution in [0.2, 0.25) is 0 Å².